The van der Waals surface area contributed by atoms with Crippen LogP contribution < -0.4 is 5.73 Å². The van der Waals surface area contributed by atoms with E-state index in [1.165, 1.54) is 5.56 Å². The highest BCUT2D eigenvalue weighted by atomic mass is 32.1. The first kappa shape index (κ1) is 16.7. The first-order valence-corrected chi connectivity index (χ1v) is 9.04. The third-order valence-corrected chi connectivity index (χ3v) is 5.28. The smallest absolute Gasteiger partial charge is 0.260 e. The number of nitrogens with two attached hydrogens (primary N) is 1. The molecule has 2 aliphatic heterocycles. The van der Waals surface area contributed by atoms with Gasteiger partial charge in [-0.15, -0.1) is 0 Å². The van der Waals surface area contributed by atoms with Gasteiger partial charge in [-0.1, -0.05) is 30.3 Å². The maximum atomic E-state index is 5.87. The monoisotopic (exact) mass is 333 g/mol. The molecule has 0 bridgehead atoms. The average molecular weight is 334 g/mol. The molecule has 0 aliphatic carbocycles. The Balaban J connectivity index is 1.61. The van der Waals surface area contributed by atoms with E-state index in [9.17, 15) is 0 Å². The van der Waals surface area contributed by atoms with Crippen LogP contribution in [0.4, 0.5) is 0 Å². The molecule has 23 heavy (non-hydrogen) atoms. The number of thiocarbonyl (C=S) groups is 1. The van der Waals surface area contributed by atoms with E-state index in [1.807, 2.05) is 0 Å². The van der Waals surface area contributed by atoms with Crippen LogP contribution in [0.15, 0.2) is 30.3 Å². The minimum absolute atomic E-state index is 0.268. The molecule has 4 nitrogen and oxygen atoms in total. The van der Waals surface area contributed by atoms with Crippen molar-refractivity contribution in [1.29, 1.82) is 0 Å². The summed E-state index contributed by atoms with van der Waals surface area (Å²) in [4.78, 5) is 4.87. The standard InChI is InChI=1S/C18H27N3OS/c1-14(19)7-10-20-11-8-16(9-12-20)21-17(13-22-18(21)23)15-5-3-2-4-6-15/h2-6,14,16-17H,7-13,19H2,1H3/t14?,17-/m1/s1. The summed E-state index contributed by atoms with van der Waals surface area (Å²) in [6, 6.07) is 11.6. The van der Waals surface area contributed by atoms with Crippen molar-refractivity contribution >= 4 is 17.4 Å². The molecule has 2 fully saturated rings. The fourth-order valence-corrected chi connectivity index (χ4v) is 3.92. The third-order valence-electron chi connectivity index (χ3n) is 4.95. The zero-order chi connectivity index (χ0) is 16.2. The Hall–Kier alpha value is -1.17. The summed E-state index contributed by atoms with van der Waals surface area (Å²) < 4.78 is 5.72. The van der Waals surface area contributed by atoms with Gasteiger partial charge in [0.05, 0.1) is 6.04 Å². The fraction of sp³-hybridized carbons (Fsp3) is 0.611. The second kappa shape index (κ2) is 7.60. The SMILES string of the molecule is CC(N)CCN1CCC(N2C(=S)OC[C@@H]2c2ccccc2)CC1. The van der Waals surface area contributed by atoms with Crippen LogP contribution >= 0.6 is 12.2 Å². The molecule has 126 valence electrons. The van der Waals surface area contributed by atoms with Crippen molar-refractivity contribution in [2.75, 3.05) is 26.2 Å². The van der Waals surface area contributed by atoms with E-state index < -0.39 is 0 Å². The lowest BCUT2D eigenvalue weighted by Crippen LogP contribution is -2.46. The van der Waals surface area contributed by atoms with Crippen LogP contribution in [0.1, 0.15) is 37.8 Å². The minimum Gasteiger partial charge on any atom is -0.468 e. The van der Waals surface area contributed by atoms with Crippen molar-refractivity contribution < 1.29 is 4.74 Å². The number of hydrogen-bond donors (Lipinski definition) is 1. The lowest BCUT2D eigenvalue weighted by Gasteiger charge is -2.39. The van der Waals surface area contributed by atoms with Gasteiger partial charge in [0, 0.05) is 25.2 Å². The second-order valence-corrected chi connectivity index (χ2v) is 7.10. The Labute approximate surface area is 144 Å². The van der Waals surface area contributed by atoms with Gasteiger partial charge < -0.3 is 20.3 Å². The van der Waals surface area contributed by atoms with Crippen LogP contribution in [-0.2, 0) is 4.74 Å². The molecular formula is C18H27N3OS. The summed E-state index contributed by atoms with van der Waals surface area (Å²) >= 11 is 5.49. The van der Waals surface area contributed by atoms with Crippen molar-refractivity contribution in [2.45, 2.75) is 44.3 Å². The van der Waals surface area contributed by atoms with E-state index in [0.717, 1.165) is 38.9 Å². The van der Waals surface area contributed by atoms with E-state index >= 15 is 0 Å². The van der Waals surface area contributed by atoms with Gasteiger partial charge in [0.25, 0.3) is 5.17 Å². The molecule has 1 aromatic rings. The second-order valence-electron chi connectivity index (χ2n) is 6.75. The van der Waals surface area contributed by atoms with Crippen molar-refractivity contribution in [3.63, 3.8) is 0 Å². The Morgan fingerprint density at radius 1 is 1.26 bits per heavy atom. The number of rotatable bonds is 5. The van der Waals surface area contributed by atoms with Gasteiger partial charge in [-0.3, -0.25) is 0 Å². The Bertz CT molecular complexity index is 514. The van der Waals surface area contributed by atoms with Crippen molar-refractivity contribution in [3.05, 3.63) is 35.9 Å². The van der Waals surface area contributed by atoms with Gasteiger partial charge >= 0.3 is 0 Å². The molecule has 2 heterocycles. The number of likely N-dealkylation sites (tertiary alicyclic amines) is 1. The van der Waals surface area contributed by atoms with Crippen LogP contribution in [0.5, 0.6) is 0 Å². The quantitative estimate of drug-likeness (QED) is 0.839. The topological polar surface area (TPSA) is 41.7 Å². The maximum absolute atomic E-state index is 5.87. The summed E-state index contributed by atoms with van der Waals surface area (Å²) in [5, 5.41) is 0.674. The molecule has 2 N–H and O–H groups in total. The highest BCUT2D eigenvalue weighted by molar-refractivity contribution is 7.80. The number of hydrogen-bond acceptors (Lipinski definition) is 4. The van der Waals surface area contributed by atoms with Crippen molar-refractivity contribution in [3.8, 4) is 0 Å². The van der Waals surface area contributed by atoms with Crippen LogP contribution in [0.3, 0.4) is 0 Å². The highest BCUT2D eigenvalue weighted by Crippen LogP contribution is 2.33. The molecule has 1 unspecified atom stereocenters. The summed E-state index contributed by atoms with van der Waals surface area (Å²) in [5.74, 6) is 0. The summed E-state index contributed by atoms with van der Waals surface area (Å²) in [6.45, 7) is 6.11. The lowest BCUT2D eigenvalue weighted by molar-refractivity contribution is 0.138. The molecule has 2 atom stereocenters. The van der Waals surface area contributed by atoms with Gasteiger partial charge in [0.15, 0.2) is 0 Å². The molecule has 0 spiro atoms. The van der Waals surface area contributed by atoms with Gasteiger partial charge in [-0.2, -0.15) is 0 Å². The lowest BCUT2D eigenvalue weighted by atomic mass is 9.99. The molecule has 1 aromatic carbocycles. The zero-order valence-corrected chi connectivity index (χ0v) is 14.7. The number of piperidine rings is 1. The summed E-state index contributed by atoms with van der Waals surface area (Å²) in [6.07, 6.45) is 3.36. The number of benzene rings is 1. The van der Waals surface area contributed by atoms with Gasteiger partial charge in [-0.25, -0.2) is 0 Å². The number of ether oxygens (including phenoxy) is 1. The first-order valence-electron chi connectivity index (χ1n) is 8.63. The predicted molar refractivity (Wildman–Crippen MR) is 97.3 cm³/mol. The Morgan fingerprint density at radius 3 is 2.61 bits per heavy atom. The minimum atomic E-state index is 0.268. The van der Waals surface area contributed by atoms with Crippen molar-refractivity contribution in [1.82, 2.24) is 9.80 Å². The van der Waals surface area contributed by atoms with Crippen LogP contribution in [0.2, 0.25) is 0 Å². The van der Waals surface area contributed by atoms with Crippen LogP contribution in [-0.4, -0.2) is 53.3 Å². The van der Waals surface area contributed by atoms with Crippen LogP contribution in [0.25, 0.3) is 0 Å². The molecule has 0 aromatic heterocycles. The number of nitrogens with zero attached hydrogens (tertiary/aromatic N) is 2. The maximum Gasteiger partial charge on any atom is 0.260 e. The van der Waals surface area contributed by atoms with Gasteiger partial charge in [-0.05, 0) is 50.5 Å². The normalized spacial score (nSPS) is 24.7. The third kappa shape index (κ3) is 4.03. The summed E-state index contributed by atoms with van der Waals surface area (Å²) in [5.41, 5.74) is 7.17. The molecule has 0 radical (unpaired) electrons. The molecule has 2 aliphatic rings. The van der Waals surface area contributed by atoms with Crippen LogP contribution in [0, 0.1) is 0 Å². The van der Waals surface area contributed by atoms with Crippen molar-refractivity contribution in [2.24, 2.45) is 5.73 Å². The Kier molecular flexibility index (Phi) is 5.51. The highest BCUT2D eigenvalue weighted by Gasteiger charge is 2.37. The molecule has 3 rings (SSSR count). The Morgan fingerprint density at radius 2 is 1.96 bits per heavy atom. The van der Waals surface area contributed by atoms with Gasteiger partial charge in [0.2, 0.25) is 0 Å². The molecule has 0 saturated carbocycles. The van der Waals surface area contributed by atoms with E-state index in [-0.39, 0.29) is 12.1 Å². The van der Waals surface area contributed by atoms with E-state index in [1.54, 1.807) is 0 Å². The van der Waals surface area contributed by atoms with E-state index in [2.05, 4.69) is 47.1 Å². The molecular weight excluding hydrogens is 306 g/mol. The van der Waals surface area contributed by atoms with E-state index in [4.69, 9.17) is 22.7 Å². The molecule has 2 saturated heterocycles. The summed E-state index contributed by atoms with van der Waals surface area (Å²) in [7, 11) is 0. The first-order chi connectivity index (χ1) is 11.1. The zero-order valence-electron chi connectivity index (χ0n) is 13.9. The van der Waals surface area contributed by atoms with E-state index in [0.29, 0.717) is 17.8 Å². The largest absolute Gasteiger partial charge is 0.468 e. The molecule has 5 heteroatoms. The predicted octanol–water partition coefficient (Wildman–Crippen LogP) is 2.55. The fourth-order valence-electron chi connectivity index (χ4n) is 3.58. The molecule has 0 amide bonds. The average Bonchev–Trinajstić information content (AvgIpc) is 2.96. The van der Waals surface area contributed by atoms with Gasteiger partial charge in [0.1, 0.15) is 6.61 Å².